The molecule has 0 aliphatic heterocycles. The average molecular weight is 1010 g/mol. The first kappa shape index (κ1) is 47.3. The smallest absolute Gasteiger partial charge is 0.0462 e. The van der Waals surface area contributed by atoms with E-state index in [1.54, 1.807) is 0 Å². The van der Waals surface area contributed by atoms with Gasteiger partial charge in [0.1, 0.15) is 0 Å². The van der Waals surface area contributed by atoms with E-state index in [9.17, 15) is 0 Å². The third-order valence-electron chi connectivity index (χ3n) is 13.5. The highest BCUT2D eigenvalue weighted by Crippen LogP contribution is 2.43. The van der Waals surface area contributed by atoms with Gasteiger partial charge in [0.15, 0.2) is 0 Å². The minimum absolute atomic E-state index is 1.11. The summed E-state index contributed by atoms with van der Waals surface area (Å²) in [4.78, 5) is 15.4. The Morgan fingerprint density at radius 2 is 0.361 bits per heavy atom. The number of aryl methyl sites for hydroxylation is 8. The van der Waals surface area contributed by atoms with Crippen molar-refractivity contribution in [3.63, 3.8) is 0 Å². The molecule has 0 saturated heterocycles. The van der Waals surface area contributed by atoms with Gasteiger partial charge in [0, 0.05) is 73.1 Å². The molecule has 11 aromatic rings. The Morgan fingerprint density at radius 1 is 0.208 bits per heavy atom. The lowest BCUT2D eigenvalue weighted by atomic mass is 9.99. The summed E-state index contributed by atoms with van der Waals surface area (Å²) >= 11 is 7.45. The highest BCUT2D eigenvalue weighted by Gasteiger charge is 2.18. The Labute approximate surface area is 441 Å². The fourth-order valence-electron chi connectivity index (χ4n) is 10.1. The number of hydrogen-bond donors (Lipinski definition) is 0. The van der Waals surface area contributed by atoms with Crippen molar-refractivity contribution < 1.29 is 0 Å². The Balaban J connectivity index is 0.861. The van der Waals surface area contributed by atoms with Crippen molar-refractivity contribution in [3.05, 3.63) is 236 Å². The molecule has 4 aromatic heterocycles. The minimum atomic E-state index is 1.11. The van der Waals surface area contributed by atoms with Crippen molar-refractivity contribution in [2.24, 2.45) is 0 Å². The molecule has 0 atom stereocenters. The molecule has 0 spiro atoms. The predicted octanol–water partition coefficient (Wildman–Crippen LogP) is 21.3. The summed E-state index contributed by atoms with van der Waals surface area (Å²) in [6.45, 7) is 17.6. The number of nitrogens with zero attached hydrogens (tertiary/aromatic N) is 2. The zero-order chi connectivity index (χ0) is 49.6. The van der Waals surface area contributed by atoms with Gasteiger partial charge in [-0.15, -0.1) is 45.3 Å². The SMILES string of the molecule is Cc1cc(C)c(-c2ccc(N(c3ccc(-c4ccc(-c5ccc(N(c6ccc(-c7sc(C)cc7C)cc6)c6ccc(-c7sc(C)cc7C)cc6)cc5)cc4)cc3)c3ccc(-c4sc(C)cc4C)cc3)cc2)s1. The lowest BCUT2D eigenvalue weighted by molar-refractivity contribution is 1.28. The van der Waals surface area contributed by atoms with Gasteiger partial charge < -0.3 is 9.80 Å². The summed E-state index contributed by atoms with van der Waals surface area (Å²) in [7, 11) is 0. The van der Waals surface area contributed by atoms with Crippen LogP contribution in [0.2, 0.25) is 0 Å². The van der Waals surface area contributed by atoms with Crippen molar-refractivity contribution in [1.29, 1.82) is 0 Å². The van der Waals surface area contributed by atoms with Gasteiger partial charge >= 0.3 is 0 Å². The molecule has 0 fully saturated rings. The van der Waals surface area contributed by atoms with E-state index in [1.807, 2.05) is 45.3 Å². The van der Waals surface area contributed by atoms with E-state index in [0.29, 0.717) is 0 Å². The zero-order valence-electron chi connectivity index (χ0n) is 42.0. The molecule has 0 aliphatic carbocycles. The van der Waals surface area contributed by atoms with Crippen LogP contribution in [0.4, 0.5) is 34.1 Å². The van der Waals surface area contributed by atoms with E-state index in [4.69, 9.17) is 0 Å². The molecule has 0 bridgehead atoms. The van der Waals surface area contributed by atoms with Crippen molar-refractivity contribution in [2.75, 3.05) is 9.80 Å². The van der Waals surface area contributed by atoms with Crippen LogP contribution in [0.3, 0.4) is 0 Å². The topological polar surface area (TPSA) is 6.48 Å². The second kappa shape index (κ2) is 19.9. The summed E-state index contributed by atoms with van der Waals surface area (Å²) in [5, 5.41) is 0. The van der Waals surface area contributed by atoms with Crippen LogP contribution in [0, 0.1) is 55.4 Å². The van der Waals surface area contributed by atoms with Gasteiger partial charge in [0.25, 0.3) is 0 Å². The van der Waals surface area contributed by atoms with E-state index in [1.165, 1.54) is 106 Å². The monoisotopic (exact) mass is 1000 g/mol. The van der Waals surface area contributed by atoms with Crippen LogP contribution in [0.25, 0.3) is 64.0 Å². The molecule has 0 N–H and O–H groups in total. The molecule has 0 saturated carbocycles. The maximum absolute atomic E-state index is 2.37. The summed E-state index contributed by atoms with van der Waals surface area (Å²) in [6.07, 6.45) is 0. The van der Waals surface area contributed by atoms with Crippen molar-refractivity contribution in [2.45, 2.75) is 55.4 Å². The fourth-order valence-corrected chi connectivity index (χ4v) is 14.2. The van der Waals surface area contributed by atoms with Gasteiger partial charge in [-0.25, -0.2) is 0 Å². The summed E-state index contributed by atoms with van der Waals surface area (Å²) in [5.41, 5.74) is 21.8. The quantitative estimate of drug-likeness (QED) is 0.120. The van der Waals surface area contributed by atoms with Gasteiger partial charge in [-0.3, -0.25) is 0 Å². The number of anilines is 6. The highest BCUT2D eigenvalue weighted by atomic mass is 32.1. The first-order valence-electron chi connectivity index (χ1n) is 24.5. The summed E-state index contributed by atoms with van der Waals surface area (Å²) < 4.78 is 0. The molecule has 4 heterocycles. The first-order valence-corrected chi connectivity index (χ1v) is 27.8. The van der Waals surface area contributed by atoms with Gasteiger partial charge in [-0.1, -0.05) is 97.1 Å². The highest BCUT2D eigenvalue weighted by molar-refractivity contribution is 7.16. The van der Waals surface area contributed by atoms with Crippen LogP contribution in [-0.2, 0) is 0 Å². The maximum Gasteiger partial charge on any atom is 0.0462 e. The summed E-state index contributed by atoms with van der Waals surface area (Å²) in [5.74, 6) is 0. The molecule has 0 aliphatic rings. The van der Waals surface area contributed by atoms with Crippen LogP contribution in [0.15, 0.2) is 194 Å². The Hall–Kier alpha value is -7.06. The molecular formula is C66H56N2S4. The minimum Gasteiger partial charge on any atom is -0.311 e. The average Bonchev–Trinajstić information content (AvgIpc) is 4.14. The molecule has 6 heteroatoms. The lowest BCUT2D eigenvalue weighted by Crippen LogP contribution is -2.09. The molecule has 0 radical (unpaired) electrons. The van der Waals surface area contributed by atoms with Gasteiger partial charge in [0.05, 0.1) is 0 Å². The second-order valence-electron chi connectivity index (χ2n) is 19.0. The van der Waals surface area contributed by atoms with E-state index >= 15 is 0 Å². The maximum atomic E-state index is 2.37. The number of hydrogen-bond acceptors (Lipinski definition) is 6. The summed E-state index contributed by atoms with van der Waals surface area (Å²) in [6, 6.07) is 72.4. The molecular weight excluding hydrogens is 949 g/mol. The third-order valence-corrected chi connectivity index (χ3v) is 18.3. The van der Waals surface area contributed by atoms with Gasteiger partial charge in [0.2, 0.25) is 0 Å². The third kappa shape index (κ3) is 9.56. The molecule has 72 heavy (non-hydrogen) atoms. The number of rotatable bonds is 12. The molecule has 0 unspecified atom stereocenters. The second-order valence-corrected chi connectivity index (χ2v) is 24.0. The standard InChI is InChI=1S/C66H56N2S4/c1-41-37-45(5)69-63(41)53-17-29-59(30-18-53)67(60-31-19-54(20-32-60)64-42(2)38-46(6)70-64)57-25-13-51(14-26-57)49-9-11-50(12-10-49)52-15-27-58(28-16-52)68(61-33-21-55(22-34-61)65-43(3)39-47(7)71-65)62-35-23-56(24-36-62)66-44(4)40-48(8)72-66/h9-40H,1-8H3. The zero-order valence-corrected chi connectivity index (χ0v) is 45.3. The Bertz CT molecular complexity index is 3230. The van der Waals surface area contributed by atoms with Crippen LogP contribution in [-0.4, -0.2) is 0 Å². The van der Waals surface area contributed by atoms with E-state index in [0.717, 1.165) is 34.1 Å². The van der Waals surface area contributed by atoms with Crippen molar-refractivity contribution in [1.82, 2.24) is 0 Å². The largest absolute Gasteiger partial charge is 0.311 e. The number of thiophene rings is 4. The van der Waals surface area contributed by atoms with E-state index in [-0.39, 0.29) is 0 Å². The van der Waals surface area contributed by atoms with Crippen LogP contribution in [0.1, 0.15) is 41.8 Å². The molecule has 11 rings (SSSR count). The van der Waals surface area contributed by atoms with E-state index in [2.05, 4.69) is 259 Å². The lowest BCUT2D eigenvalue weighted by Gasteiger charge is -2.26. The van der Waals surface area contributed by atoms with Crippen molar-refractivity contribution >= 4 is 79.5 Å². The predicted molar refractivity (Wildman–Crippen MR) is 318 cm³/mol. The van der Waals surface area contributed by atoms with Crippen LogP contribution >= 0.6 is 45.3 Å². The normalized spacial score (nSPS) is 11.3. The van der Waals surface area contributed by atoms with Gasteiger partial charge in [-0.2, -0.15) is 0 Å². The van der Waals surface area contributed by atoms with E-state index < -0.39 is 0 Å². The van der Waals surface area contributed by atoms with Crippen molar-refractivity contribution in [3.8, 4) is 64.0 Å². The molecule has 354 valence electrons. The Kier molecular flexibility index (Phi) is 13.0. The Morgan fingerprint density at radius 3 is 0.514 bits per heavy atom. The van der Waals surface area contributed by atoms with Gasteiger partial charge in [-0.05, 0) is 219 Å². The molecule has 0 amide bonds. The fraction of sp³-hybridized carbons (Fsp3) is 0.121. The number of benzene rings is 7. The van der Waals surface area contributed by atoms with Crippen LogP contribution in [0.5, 0.6) is 0 Å². The first-order chi connectivity index (χ1) is 34.9. The van der Waals surface area contributed by atoms with Crippen LogP contribution < -0.4 is 9.80 Å². The molecule has 7 aromatic carbocycles. The molecule has 2 nitrogen and oxygen atoms in total.